The Balaban J connectivity index is 2.51. The van der Waals surface area contributed by atoms with Crippen LogP contribution in [0.5, 0.6) is 0 Å². The van der Waals surface area contributed by atoms with Crippen molar-refractivity contribution in [3.8, 4) is 11.5 Å². The summed E-state index contributed by atoms with van der Waals surface area (Å²) in [5.41, 5.74) is 1.70. The first-order valence-electron chi connectivity index (χ1n) is 4.49. The van der Waals surface area contributed by atoms with Crippen molar-refractivity contribution in [3.05, 3.63) is 36.5 Å². The number of rotatable bonds is 2. The van der Waals surface area contributed by atoms with Gasteiger partial charge in [-0.25, -0.2) is 15.0 Å². The molecule has 2 rings (SSSR count). The van der Waals surface area contributed by atoms with Crippen molar-refractivity contribution >= 4 is 0 Å². The minimum absolute atomic E-state index is 0.637. The van der Waals surface area contributed by atoms with Gasteiger partial charge in [0.05, 0.1) is 5.69 Å². The summed E-state index contributed by atoms with van der Waals surface area (Å²) in [7, 11) is 0. The molecule has 4 nitrogen and oxygen atoms in total. The third-order valence-corrected chi connectivity index (χ3v) is 1.89. The van der Waals surface area contributed by atoms with Gasteiger partial charge in [-0.1, -0.05) is 6.92 Å². The Hall–Kier alpha value is -1.84. The average Bonchev–Trinajstić information content (AvgIpc) is 2.30. The van der Waals surface area contributed by atoms with E-state index in [2.05, 4.69) is 19.9 Å². The van der Waals surface area contributed by atoms with Crippen molar-refractivity contribution in [2.75, 3.05) is 0 Å². The highest BCUT2D eigenvalue weighted by atomic mass is 14.9. The molecular formula is C10H10N4. The van der Waals surface area contributed by atoms with E-state index < -0.39 is 0 Å². The van der Waals surface area contributed by atoms with Crippen molar-refractivity contribution in [3.63, 3.8) is 0 Å². The third kappa shape index (κ3) is 1.59. The van der Waals surface area contributed by atoms with Crippen LogP contribution < -0.4 is 0 Å². The minimum atomic E-state index is 0.637. The van der Waals surface area contributed by atoms with Gasteiger partial charge >= 0.3 is 0 Å². The van der Waals surface area contributed by atoms with Gasteiger partial charge in [0, 0.05) is 24.8 Å². The molecule has 0 atom stereocenters. The van der Waals surface area contributed by atoms with Crippen molar-refractivity contribution in [2.45, 2.75) is 13.3 Å². The number of hydrogen-bond donors (Lipinski definition) is 0. The molecule has 4 heteroatoms. The zero-order valence-electron chi connectivity index (χ0n) is 7.88. The first-order chi connectivity index (χ1) is 6.92. The van der Waals surface area contributed by atoms with Gasteiger partial charge in [0.2, 0.25) is 0 Å². The summed E-state index contributed by atoms with van der Waals surface area (Å²) in [4.78, 5) is 16.8. The van der Waals surface area contributed by atoms with Crippen LogP contribution in [0, 0.1) is 0 Å². The van der Waals surface area contributed by atoms with E-state index in [1.807, 2.05) is 6.92 Å². The van der Waals surface area contributed by atoms with Gasteiger partial charge in [0.1, 0.15) is 5.69 Å². The zero-order valence-corrected chi connectivity index (χ0v) is 7.88. The van der Waals surface area contributed by atoms with Crippen LogP contribution in [0.25, 0.3) is 11.5 Å². The van der Waals surface area contributed by atoms with E-state index >= 15 is 0 Å². The second kappa shape index (κ2) is 3.91. The second-order valence-corrected chi connectivity index (χ2v) is 2.78. The summed E-state index contributed by atoms with van der Waals surface area (Å²) in [6, 6.07) is 1.78. The Kier molecular flexibility index (Phi) is 2.44. The van der Waals surface area contributed by atoms with E-state index in [0.717, 1.165) is 17.8 Å². The van der Waals surface area contributed by atoms with Gasteiger partial charge in [0.15, 0.2) is 5.82 Å². The molecule has 0 bridgehead atoms. The lowest BCUT2D eigenvalue weighted by molar-refractivity contribution is 0.986. The normalized spacial score (nSPS) is 10.1. The Labute approximate surface area is 82.1 Å². The maximum absolute atomic E-state index is 4.23. The SMILES string of the molecule is CCc1nccnc1-c1ncccn1. The fourth-order valence-electron chi connectivity index (χ4n) is 1.23. The predicted molar refractivity (Wildman–Crippen MR) is 52.4 cm³/mol. The number of hydrogen-bond acceptors (Lipinski definition) is 4. The van der Waals surface area contributed by atoms with Gasteiger partial charge in [0.25, 0.3) is 0 Å². The van der Waals surface area contributed by atoms with Crippen molar-refractivity contribution < 1.29 is 0 Å². The molecular weight excluding hydrogens is 176 g/mol. The molecule has 0 aliphatic heterocycles. The highest BCUT2D eigenvalue weighted by Crippen LogP contribution is 2.13. The molecule has 0 unspecified atom stereocenters. The smallest absolute Gasteiger partial charge is 0.179 e. The number of aromatic nitrogens is 4. The standard InChI is InChI=1S/C10H10N4/c1-2-8-9(12-7-6-11-8)10-13-4-3-5-14-10/h3-7H,2H2,1H3. The molecule has 2 heterocycles. The molecule has 0 amide bonds. The molecule has 0 saturated carbocycles. The Morgan fingerprint density at radius 1 is 0.929 bits per heavy atom. The monoisotopic (exact) mass is 186 g/mol. The molecule has 0 radical (unpaired) electrons. The van der Waals surface area contributed by atoms with E-state index in [9.17, 15) is 0 Å². The summed E-state index contributed by atoms with van der Waals surface area (Å²) >= 11 is 0. The van der Waals surface area contributed by atoms with Gasteiger partial charge < -0.3 is 0 Å². The quantitative estimate of drug-likeness (QED) is 0.713. The van der Waals surface area contributed by atoms with Crippen LogP contribution >= 0.6 is 0 Å². The summed E-state index contributed by atoms with van der Waals surface area (Å²) < 4.78 is 0. The van der Waals surface area contributed by atoms with Crippen LogP contribution in [-0.2, 0) is 6.42 Å². The fraction of sp³-hybridized carbons (Fsp3) is 0.200. The molecule has 0 N–H and O–H groups in total. The van der Waals surface area contributed by atoms with E-state index in [0.29, 0.717) is 5.82 Å². The third-order valence-electron chi connectivity index (χ3n) is 1.89. The van der Waals surface area contributed by atoms with E-state index in [-0.39, 0.29) is 0 Å². The molecule has 2 aromatic rings. The van der Waals surface area contributed by atoms with Crippen LogP contribution in [0.1, 0.15) is 12.6 Å². The molecule has 14 heavy (non-hydrogen) atoms. The Bertz CT molecular complexity index is 413. The highest BCUT2D eigenvalue weighted by molar-refractivity contribution is 5.51. The molecule has 0 spiro atoms. The lowest BCUT2D eigenvalue weighted by atomic mass is 10.2. The van der Waals surface area contributed by atoms with Crippen molar-refractivity contribution in [1.29, 1.82) is 0 Å². The maximum Gasteiger partial charge on any atom is 0.179 e. The van der Waals surface area contributed by atoms with Gasteiger partial charge in [-0.15, -0.1) is 0 Å². The largest absolute Gasteiger partial charge is 0.257 e. The fourth-order valence-corrected chi connectivity index (χ4v) is 1.23. The number of aryl methyl sites for hydroxylation is 1. The molecule has 0 aliphatic rings. The molecule has 0 aliphatic carbocycles. The van der Waals surface area contributed by atoms with Gasteiger partial charge in [-0.3, -0.25) is 4.98 Å². The topological polar surface area (TPSA) is 51.6 Å². The first kappa shape index (κ1) is 8.74. The molecule has 70 valence electrons. The minimum Gasteiger partial charge on any atom is -0.257 e. The molecule has 0 aromatic carbocycles. The average molecular weight is 186 g/mol. The highest BCUT2D eigenvalue weighted by Gasteiger charge is 2.07. The van der Waals surface area contributed by atoms with E-state index in [1.54, 1.807) is 30.9 Å². The van der Waals surface area contributed by atoms with Crippen LogP contribution in [0.15, 0.2) is 30.9 Å². The zero-order chi connectivity index (χ0) is 9.80. The number of nitrogens with zero attached hydrogens (tertiary/aromatic N) is 4. The maximum atomic E-state index is 4.23. The second-order valence-electron chi connectivity index (χ2n) is 2.78. The Morgan fingerprint density at radius 3 is 2.36 bits per heavy atom. The van der Waals surface area contributed by atoms with Crippen molar-refractivity contribution in [2.24, 2.45) is 0 Å². The van der Waals surface area contributed by atoms with E-state index in [1.165, 1.54) is 0 Å². The van der Waals surface area contributed by atoms with Gasteiger partial charge in [-0.05, 0) is 12.5 Å². The van der Waals surface area contributed by atoms with Crippen LogP contribution in [0.2, 0.25) is 0 Å². The summed E-state index contributed by atoms with van der Waals surface area (Å²) in [5, 5.41) is 0. The summed E-state index contributed by atoms with van der Waals surface area (Å²) in [6.45, 7) is 2.04. The molecule has 2 aromatic heterocycles. The first-order valence-corrected chi connectivity index (χ1v) is 4.49. The lowest BCUT2D eigenvalue weighted by Gasteiger charge is -2.02. The molecule has 0 fully saturated rings. The molecule has 0 saturated heterocycles. The van der Waals surface area contributed by atoms with Crippen LogP contribution in [0.3, 0.4) is 0 Å². The summed E-state index contributed by atoms with van der Waals surface area (Å²) in [6.07, 6.45) is 7.59. The van der Waals surface area contributed by atoms with Crippen molar-refractivity contribution in [1.82, 2.24) is 19.9 Å². The summed E-state index contributed by atoms with van der Waals surface area (Å²) in [5.74, 6) is 0.637. The van der Waals surface area contributed by atoms with Crippen LogP contribution in [-0.4, -0.2) is 19.9 Å². The van der Waals surface area contributed by atoms with Gasteiger partial charge in [-0.2, -0.15) is 0 Å². The lowest BCUT2D eigenvalue weighted by Crippen LogP contribution is -1.97. The van der Waals surface area contributed by atoms with Crippen LogP contribution in [0.4, 0.5) is 0 Å². The predicted octanol–water partition coefficient (Wildman–Crippen LogP) is 1.50. The Morgan fingerprint density at radius 2 is 1.64 bits per heavy atom. The van der Waals surface area contributed by atoms with E-state index in [4.69, 9.17) is 0 Å².